The first kappa shape index (κ1) is 15.5. The second-order valence-corrected chi connectivity index (χ2v) is 5.40. The Hall–Kier alpha value is -0.570. The fraction of sp³-hybridized carbons (Fsp3) is 0.600. The van der Waals surface area contributed by atoms with Gasteiger partial charge in [0.15, 0.2) is 0 Å². The van der Waals surface area contributed by atoms with E-state index in [1.807, 2.05) is 0 Å². The van der Waals surface area contributed by atoms with E-state index in [0.29, 0.717) is 11.1 Å². The molecule has 3 heteroatoms. The van der Waals surface area contributed by atoms with Gasteiger partial charge in [-0.15, -0.1) is 0 Å². The molecule has 0 heterocycles. The zero-order valence-electron chi connectivity index (χ0n) is 11.1. The standard InChI is InChI=1S/C15H22BrFO/c1-2-3-4-5-6-7-8-11-18-15-10-9-13(17)12-14(15)16/h9-10,12H,2-8,11H2,1H3. The molecular formula is C15H22BrFO. The van der Waals surface area contributed by atoms with E-state index in [0.717, 1.165) is 12.2 Å². The lowest BCUT2D eigenvalue weighted by molar-refractivity contribution is 0.302. The van der Waals surface area contributed by atoms with E-state index >= 15 is 0 Å². The molecule has 0 unspecified atom stereocenters. The molecule has 0 amide bonds. The number of hydrogen-bond acceptors (Lipinski definition) is 1. The van der Waals surface area contributed by atoms with Gasteiger partial charge in [0, 0.05) is 0 Å². The van der Waals surface area contributed by atoms with Gasteiger partial charge in [-0.05, 0) is 40.5 Å². The molecule has 18 heavy (non-hydrogen) atoms. The van der Waals surface area contributed by atoms with Crippen molar-refractivity contribution in [2.75, 3.05) is 6.61 Å². The lowest BCUT2D eigenvalue weighted by Gasteiger charge is -2.08. The third-order valence-corrected chi connectivity index (χ3v) is 3.52. The highest BCUT2D eigenvalue weighted by Gasteiger charge is 2.02. The minimum absolute atomic E-state index is 0.245. The van der Waals surface area contributed by atoms with Crippen molar-refractivity contribution in [2.24, 2.45) is 0 Å². The molecule has 1 aromatic carbocycles. The van der Waals surface area contributed by atoms with Crippen LogP contribution in [-0.2, 0) is 0 Å². The van der Waals surface area contributed by atoms with Crippen molar-refractivity contribution in [3.8, 4) is 5.75 Å². The van der Waals surface area contributed by atoms with Crippen molar-refractivity contribution < 1.29 is 9.13 Å². The quantitative estimate of drug-likeness (QED) is 0.529. The van der Waals surface area contributed by atoms with E-state index in [2.05, 4.69) is 22.9 Å². The molecule has 1 aromatic rings. The van der Waals surface area contributed by atoms with Crippen LogP contribution in [0, 0.1) is 5.82 Å². The summed E-state index contributed by atoms with van der Waals surface area (Å²) in [4.78, 5) is 0. The van der Waals surface area contributed by atoms with Crippen LogP contribution in [0.3, 0.4) is 0 Å². The maximum Gasteiger partial charge on any atom is 0.133 e. The average Bonchev–Trinajstić information content (AvgIpc) is 2.35. The second kappa shape index (κ2) is 9.37. The average molecular weight is 317 g/mol. The molecule has 0 aliphatic carbocycles. The molecule has 1 rings (SSSR count). The van der Waals surface area contributed by atoms with Crippen molar-refractivity contribution in [1.82, 2.24) is 0 Å². The highest BCUT2D eigenvalue weighted by molar-refractivity contribution is 9.10. The van der Waals surface area contributed by atoms with Gasteiger partial charge in [-0.3, -0.25) is 0 Å². The lowest BCUT2D eigenvalue weighted by atomic mass is 10.1. The van der Waals surface area contributed by atoms with Gasteiger partial charge in [0.2, 0.25) is 0 Å². The Morgan fingerprint density at radius 3 is 2.39 bits per heavy atom. The van der Waals surface area contributed by atoms with Crippen LogP contribution in [0.2, 0.25) is 0 Å². The molecule has 0 aliphatic rings. The Kier molecular flexibility index (Phi) is 8.06. The molecule has 0 saturated heterocycles. The predicted octanol–water partition coefficient (Wildman–Crippen LogP) is 5.72. The molecular weight excluding hydrogens is 295 g/mol. The summed E-state index contributed by atoms with van der Waals surface area (Å²) < 4.78 is 19.1. The Labute approximate surface area is 118 Å². The van der Waals surface area contributed by atoms with Crippen molar-refractivity contribution in [1.29, 1.82) is 0 Å². The van der Waals surface area contributed by atoms with E-state index in [4.69, 9.17) is 4.74 Å². The first-order valence-electron chi connectivity index (χ1n) is 6.82. The van der Waals surface area contributed by atoms with Gasteiger partial charge >= 0.3 is 0 Å². The molecule has 0 bridgehead atoms. The van der Waals surface area contributed by atoms with Gasteiger partial charge in [-0.1, -0.05) is 45.4 Å². The minimum atomic E-state index is -0.245. The van der Waals surface area contributed by atoms with Gasteiger partial charge in [-0.2, -0.15) is 0 Å². The molecule has 0 aliphatic heterocycles. The first-order valence-corrected chi connectivity index (χ1v) is 7.61. The molecule has 1 nitrogen and oxygen atoms in total. The van der Waals surface area contributed by atoms with Crippen molar-refractivity contribution >= 4 is 15.9 Å². The topological polar surface area (TPSA) is 9.23 Å². The highest BCUT2D eigenvalue weighted by atomic mass is 79.9. The largest absolute Gasteiger partial charge is 0.492 e. The summed E-state index contributed by atoms with van der Waals surface area (Å²) in [5.74, 6) is 0.479. The zero-order chi connectivity index (χ0) is 13.2. The molecule has 102 valence electrons. The van der Waals surface area contributed by atoms with Gasteiger partial charge in [0.1, 0.15) is 11.6 Å². The number of unbranched alkanes of at least 4 members (excludes halogenated alkanes) is 6. The molecule has 0 fully saturated rings. The fourth-order valence-corrected chi connectivity index (χ4v) is 2.30. The number of ether oxygens (including phenoxy) is 1. The summed E-state index contributed by atoms with van der Waals surface area (Å²) in [7, 11) is 0. The van der Waals surface area contributed by atoms with Crippen molar-refractivity contribution in [3.63, 3.8) is 0 Å². The van der Waals surface area contributed by atoms with Crippen LogP contribution in [0.15, 0.2) is 22.7 Å². The van der Waals surface area contributed by atoms with Crippen LogP contribution in [0.1, 0.15) is 51.9 Å². The number of benzene rings is 1. The van der Waals surface area contributed by atoms with Crippen molar-refractivity contribution in [3.05, 3.63) is 28.5 Å². The van der Waals surface area contributed by atoms with Crippen LogP contribution in [0.4, 0.5) is 4.39 Å². The van der Waals surface area contributed by atoms with Crippen LogP contribution in [0.5, 0.6) is 5.75 Å². The Balaban J connectivity index is 2.07. The summed E-state index contributed by atoms with van der Waals surface area (Å²) in [6.45, 7) is 2.94. The molecule has 0 saturated carbocycles. The van der Waals surface area contributed by atoms with Gasteiger partial charge in [-0.25, -0.2) is 4.39 Å². The van der Waals surface area contributed by atoms with Crippen molar-refractivity contribution in [2.45, 2.75) is 51.9 Å². The minimum Gasteiger partial charge on any atom is -0.492 e. The normalized spacial score (nSPS) is 10.6. The monoisotopic (exact) mass is 316 g/mol. The zero-order valence-corrected chi connectivity index (χ0v) is 12.6. The highest BCUT2D eigenvalue weighted by Crippen LogP contribution is 2.25. The third kappa shape index (κ3) is 6.39. The maximum atomic E-state index is 12.9. The lowest BCUT2D eigenvalue weighted by Crippen LogP contribution is -1.98. The van der Waals surface area contributed by atoms with E-state index < -0.39 is 0 Å². The third-order valence-electron chi connectivity index (χ3n) is 2.90. The van der Waals surface area contributed by atoms with Gasteiger partial charge < -0.3 is 4.74 Å². The molecule has 0 radical (unpaired) electrons. The van der Waals surface area contributed by atoms with E-state index in [-0.39, 0.29) is 5.82 Å². The molecule has 0 aromatic heterocycles. The second-order valence-electron chi connectivity index (χ2n) is 4.54. The van der Waals surface area contributed by atoms with Gasteiger partial charge in [0.25, 0.3) is 0 Å². The Morgan fingerprint density at radius 1 is 1.06 bits per heavy atom. The van der Waals surface area contributed by atoms with Crippen LogP contribution < -0.4 is 4.74 Å². The number of halogens is 2. The first-order chi connectivity index (χ1) is 8.74. The van der Waals surface area contributed by atoms with E-state index in [1.165, 1.54) is 50.7 Å². The predicted molar refractivity (Wildman–Crippen MR) is 77.6 cm³/mol. The number of hydrogen-bond donors (Lipinski definition) is 0. The smallest absolute Gasteiger partial charge is 0.133 e. The Morgan fingerprint density at radius 2 is 1.72 bits per heavy atom. The van der Waals surface area contributed by atoms with Crippen LogP contribution in [-0.4, -0.2) is 6.61 Å². The molecule has 0 spiro atoms. The van der Waals surface area contributed by atoms with E-state index in [1.54, 1.807) is 6.07 Å². The van der Waals surface area contributed by atoms with Crippen LogP contribution >= 0.6 is 15.9 Å². The summed E-state index contributed by atoms with van der Waals surface area (Å²) in [6, 6.07) is 4.52. The maximum absolute atomic E-state index is 12.9. The summed E-state index contributed by atoms with van der Waals surface area (Å²) >= 11 is 3.29. The fourth-order valence-electron chi connectivity index (χ4n) is 1.83. The summed E-state index contributed by atoms with van der Waals surface area (Å²) in [6.07, 6.45) is 8.88. The SMILES string of the molecule is CCCCCCCCCOc1ccc(F)cc1Br. The van der Waals surface area contributed by atoms with Crippen LogP contribution in [0.25, 0.3) is 0 Å². The summed E-state index contributed by atoms with van der Waals surface area (Å²) in [5.41, 5.74) is 0. The van der Waals surface area contributed by atoms with E-state index in [9.17, 15) is 4.39 Å². The van der Waals surface area contributed by atoms with Gasteiger partial charge in [0.05, 0.1) is 11.1 Å². The molecule has 0 atom stereocenters. The Bertz CT molecular complexity index is 341. The molecule has 0 N–H and O–H groups in total. The summed E-state index contributed by atoms with van der Waals surface area (Å²) in [5, 5.41) is 0. The number of rotatable bonds is 9.